The molecule has 1 aromatic carbocycles. The number of likely N-dealkylation sites (N-methyl/N-ethyl adjacent to an activating group) is 1. The second kappa shape index (κ2) is 14.0. The van der Waals surface area contributed by atoms with Crippen LogP contribution in [0.3, 0.4) is 0 Å². The molecule has 9 heteroatoms. The minimum absolute atomic E-state index is 0.131. The monoisotopic (exact) mass is 553 g/mol. The van der Waals surface area contributed by atoms with Gasteiger partial charge in [0.1, 0.15) is 6.04 Å². The first kappa shape index (κ1) is 29.9. The highest BCUT2D eigenvalue weighted by Gasteiger charge is 2.35. The number of rotatable bonds is 8. The van der Waals surface area contributed by atoms with E-state index in [9.17, 15) is 14.4 Å². The lowest BCUT2D eigenvalue weighted by Gasteiger charge is -2.33. The maximum atomic E-state index is 14.0. The zero-order valence-corrected chi connectivity index (χ0v) is 24.6. The summed E-state index contributed by atoms with van der Waals surface area (Å²) in [6, 6.07) is 7.25. The summed E-state index contributed by atoms with van der Waals surface area (Å²) >= 11 is 0. The van der Waals surface area contributed by atoms with Crippen LogP contribution in [-0.4, -0.2) is 66.0 Å². The molecule has 0 bridgehead atoms. The number of nitrogens with one attached hydrogen (secondary N) is 3. The molecule has 3 amide bonds. The van der Waals surface area contributed by atoms with Crippen LogP contribution >= 0.6 is 0 Å². The molecule has 220 valence electrons. The van der Waals surface area contributed by atoms with Crippen molar-refractivity contribution in [1.82, 2.24) is 25.8 Å². The Hall–Kier alpha value is -3.07. The summed E-state index contributed by atoms with van der Waals surface area (Å²) in [5, 5.41) is 8.91. The fraction of sp³-hybridized carbons (Fsp3) is 0.645. The summed E-state index contributed by atoms with van der Waals surface area (Å²) in [6.07, 6.45) is 10.7. The van der Waals surface area contributed by atoms with Crippen molar-refractivity contribution in [2.45, 2.75) is 103 Å². The summed E-state index contributed by atoms with van der Waals surface area (Å²) in [5.74, 6) is -0.421. The van der Waals surface area contributed by atoms with E-state index < -0.39 is 18.2 Å². The lowest BCUT2D eigenvalue weighted by Crippen LogP contribution is -2.54. The molecule has 1 saturated carbocycles. The number of alkyl carbamates (subject to hydrolysis) is 1. The van der Waals surface area contributed by atoms with E-state index in [0.29, 0.717) is 12.6 Å². The number of carbonyl (C=O) groups is 3. The van der Waals surface area contributed by atoms with Crippen LogP contribution < -0.4 is 16.0 Å². The van der Waals surface area contributed by atoms with E-state index in [1.807, 2.05) is 32.2 Å². The van der Waals surface area contributed by atoms with Crippen molar-refractivity contribution >= 4 is 17.9 Å². The summed E-state index contributed by atoms with van der Waals surface area (Å²) in [6.45, 7) is 6.78. The lowest BCUT2D eigenvalue weighted by atomic mass is 9.88. The zero-order chi connectivity index (χ0) is 28.6. The van der Waals surface area contributed by atoms with E-state index >= 15 is 0 Å². The fourth-order valence-corrected chi connectivity index (χ4v) is 6.06. The Bertz CT molecular complexity index is 1070. The van der Waals surface area contributed by atoms with Gasteiger partial charge in [-0.05, 0) is 69.5 Å². The van der Waals surface area contributed by atoms with E-state index in [2.05, 4.69) is 33.0 Å². The Morgan fingerprint density at radius 1 is 0.950 bits per heavy atom. The third-order valence-corrected chi connectivity index (χ3v) is 8.57. The van der Waals surface area contributed by atoms with Crippen molar-refractivity contribution in [2.24, 2.45) is 5.92 Å². The molecule has 1 aromatic rings. The highest BCUT2D eigenvalue weighted by atomic mass is 16.6. The van der Waals surface area contributed by atoms with Crippen LogP contribution in [-0.2, 0) is 20.7 Å². The average Bonchev–Trinajstić information content (AvgIpc) is 3.18. The number of hydrogen-bond acceptors (Lipinski definition) is 6. The highest BCUT2D eigenvalue weighted by Crippen LogP contribution is 2.30. The van der Waals surface area contributed by atoms with Crippen LogP contribution in [0.15, 0.2) is 36.3 Å². The molecule has 2 aliphatic carbocycles. The number of benzene rings is 1. The van der Waals surface area contributed by atoms with E-state index in [1.54, 1.807) is 18.9 Å². The predicted octanol–water partition coefficient (Wildman–Crippen LogP) is 4.20. The Morgan fingerprint density at radius 3 is 2.42 bits per heavy atom. The number of nitrogens with zero attached hydrogens (tertiary/aromatic N) is 2. The quantitative estimate of drug-likeness (QED) is 0.446. The molecule has 0 saturated heterocycles. The van der Waals surface area contributed by atoms with Gasteiger partial charge in [-0.2, -0.15) is 0 Å². The Labute approximate surface area is 239 Å². The first-order valence-corrected chi connectivity index (χ1v) is 15.1. The minimum atomic E-state index is -0.746. The van der Waals surface area contributed by atoms with Gasteiger partial charge in [0, 0.05) is 19.1 Å². The molecule has 3 N–H and O–H groups in total. The van der Waals surface area contributed by atoms with Gasteiger partial charge in [0.15, 0.2) is 0 Å². The number of amides is 3. The highest BCUT2D eigenvalue weighted by molar-refractivity contribution is 5.90. The van der Waals surface area contributed by atoms with Crippen molar-refractivity contribution in [2.75, 3.05) is 20.1 Å². The molecule has 0 aromatic heterocycles. The maximum absolute atomic E-state index is 14.0. The number of ether oxygens (including phenoxy) is 1. The fourth-order valence-electron chi connectivity index (χ4n) is 6.06. The third-order valence-electron chi connectivity index (χ3n) is 8.57. The van der Waals surface area contributed by atoms with Crippen LogP contribution in [0.25, 0.3) is 0 Å². The Kier molecular flexibility index (Phi) is 10.5. The van der Waals surface area contributed by atoms with Crippen molar-refractivity contribution in [1.29, 1.82) is 0 Å². The lowest BCUT2D eigenvalue weighted by molar-refractivity contribution is -0.138. The molecule has 9 nitrogen and oxygen atoms in total. The number of aryl methyl sites for hydroxylation is 1. The van der Waals surface area contributed by atoms with E-state index in [0.717, 1.165) is 50.6 Å². The molecule has 1 aliphatic heterocycles. The van der Waals surface area contributed by atoms with E-state index in [1.165, 1.54) is 24.8 Å². The molecular formula is C31H47N5O4. The zero-order valence-electron chi connectivity index (χ0n) is 24.6. The van der Waals surface area contributed by atoms with Gasteiger partial charge in [0.25, 0.3) is 5.91 Å². The first-order chi connectivity index (χ1) is 19.3. The van der Waals surface area contributed by atoms with E-state index in [-0.39, 0.29) is 29.7 Å². The Balaban J connectivity index is 1.57. The van der Waals surface area contributed by atoms with Gasteiger partial charge in [-0.3, -0.25) is 14.5 Å². The third kappa shape index (κ3) is 7.36. The Morgan fingerprint density at radius 2 is 1.70 bits per heavy atom. The number of fused-ring (bicyclic) bond motifs is 1. The average molecular weight is 554 g/mol. The molecule has 1 heterocycles. The minimum Gasteiger partial charge on any atom is -0.391 e. The molecule has 0 spiro atoms. The molecule has 3 atom stereocenters. The normalized spacial score (nSPS) is 21.5. The SMILES string of the molecule is CNC(C)C(=O)NC(C(=O)N1CCCN(C2CCCCC2)C=C1OC(=O)NC1CCCc2ccccc21)C(C)C. The summed E-state index contributed by atoms with van der Waals surface area (Å²) < 4.78 is 6.00. The van der Waals surface area contributed by atoms with Crippen LogP contribution in [0, 0.1) is 5.92 Å². The first-order valence-electron chi connectivity index (χ1n) is 15.1. The number of hydrogen-bond donors (Lipinski definition) is 3. The van der Waals surface area contributed by atoms with Crippen molar-refractivity contribution in [3.63, 3.8) is 0 Å². The molecule has 0 radical (unpaired) electrons. The molecule has 1 fully saturated rings. The number of carbonyl (C=O) groups excluding carboxylic acids is 3. The topological polar surface area (TPSA) is 103 Å². The van der Waals surface area contributed by atoms with Gasteiger partial charge < -0.3 is 25.6 Å². The molecule has 3 unspecified atom stereocenters. The van der Waals surface area contributed by atoms with Crippen LogP contribution in [0.1, 0.15) is 89.3 Å². The molecule has 4 rings (SSSR count). The van der Waals surface area contributed by atoms with Gasteiger partial charge in [0.05, 0.1) is 18.3 Å². The van der Waals surface area contributed by atoms with Crippen LogP contribution in [0.2, 0.25) is 0 Å². The van der Waals surface area contributed by atoms with Crippen LogP contribution in [0.4, 0.5) is 4.79 Å². The van der Waals surface area contributed by atoms with Crippen molar-refractivity contribution in [3.8, 4) is 0 Å². The van der Waals surface area contributed by atoms with E-state index in [4.69, 9.17) is 4.74 Å². The molecule has 3 aliphatic rings. The van der Waals surface area contributed by atoms with Crippen molar-refractivity contribution < 1.29 is 19.1 Å². The van der Waals surface area contributed by atoms with Gasteiger partial charge in [0.2, 0.25) is 11.8 Å². The molecular weight excluding hydrogens is 506 g/mol. The van der Waals surface area contributed by atoms with Crippen LogP contribution in [0.5, 0.6) is 0 Å². The summed E-state index contributed by atoms with van der Waals surface area (Å²) in [4.78, 5) is 43.9. The largest absolute Gasteiger partial charge is 0.414 e. The predicted molar refractivity (Wildman–Crippen MR) is 155 cm³/mol. The standard InChI is InChI=1S/C31H47N5O4/c1-21(2)28(34-29(37)22(3)32-4)30(38)36-19-11-18-35(24-14-6-5-7-15-24)20-27(36)40-31(39)33-26-17-10-13-23-12-8-9-16-25(23)26/h8-9,12,16,20-22,24,26,28,32H,5-7,10-11,13-15,17-19H2,1-4H3,(H,33,39)(H,34,37). The molecule has 40 heavy (non-hydrogen) atoms. The second-order valence-electron chi connectivity index (χ2n) is 11.8. The summed E-state index contributed by atoms with van der Waals surface area (Å²) in [5.41, 5.74) is 2.37. The van der Waals surface area contributed by atoms with Gasteiger partial charge in [-0.15, -0.1) is 0 Å². The van der Waals surface area contributed by atoms with Crippen molar-refractivity contribution in [3.05, 3.63) is 47.5 Å². The second-order valence-corrected chi connectivity index (χ2v) is 11.8. The van der Waals surface area contributed by atoms with Gasteiger partial charge >= 0.3 is 6.09 Å². The smallest absolute Gasteiger partial charge is 0.391 e. The maximum Gasteiger partial charge on any atom is 0.414 e. The summed E-state index contributed by atoms with van der Waals surface area (Å²) in [7, 11) is 1.71. The van der Waals surface area contributed by atoms with Gasteiger partial charge in [-0.1, -0.05) is 57.4 Å². The van der Waals surface area contributed by atoms with Gasteiger partial charge in [-0.25, -0.2) is 4.79 Å².